The van der Waals surface area contributed by atoms with Crippen LogP contribution in [0.2, 0.25) is 0 Å². The summed E-state index contributed by atoms with van der Waals surface area (Å²) in [5.41, 5.74) is -0.143. The van der Waals surface area contributed by atoms with Crippen molar-refractivity contribution >= 4 is 18.3 Å². The Morgan fingerprint density at radius 3 is 2.75 bits per heavy atom. The van der Waals surface area contributed by atoms with Crippen LogP contribution >= 0.6 is 12.4 Å². The number of nitrogens with one attached hydrogen (secondary N) is 2. The Bertz CT molecular complexity index is 551. The number of alkyl halides is 3. The zero-order valence-electron chi connectivity index (χ0n) is 13.8. The van der Waals surface area contributed by atoms with Crippen LogP contribution in [0.25, 0.3) is 0 Å². The van der Waals surface area contributed by atoms with Gasteiger partial charge in [-0.2, -0.15) is 13.2 Å². The van der Waals surface area contributed by atoms with Crippen molar-refractivity contribution in [2.24, 2.45) is 11.8 Å². The molecule has 1 fully saturated rings. The minimum Gasteiger partial charge on any atom is -0.353 e. The van der Waals surface area contributed by atoms with Crippen molar-refractivity contribution < 1.29 is 18.0 Å². The molecule has 7 heteroatoms. The molecule has 0 spiro atoms. The van der Waals surface area contributed by atoms with Crippen molar-refractivity contribution in [3.05, 3.63) is 35.4 Å². The Morgan fingerprint density at radius 1 is 1.42 bits per heavy atom. The number of amides is 1. The predicted octanol–water partition coefficient (Wildman–Crippen LogP) is 3.42. The van der Waals surface area contributed by atoms with E-state index in [4.69, 9.17) is 0 Å². The molecule has 1 aromatic carbocycles. The van der Waals surface area contributed by atoms with Gasteiger partial charge in [0.05, 0.1) is 5.56 Å². The molecule has 24 heavy (non-hydrogen) atoms. The SMILES string of the molecule is CC(Cc1cccc(C(F)(F)F)c1)C(=O)NC1CCNCC1C.Cl. The highest BCUT2D eigenvalue weighted by Crippen LogP contribution is 2.30. The van der Waals surface area contributed by atoms with Gasteiger partial charge in [-0.3, -0.25) is 4.79 Å². The van der Waals surface area contributed by atoms with Crippen molar-refractivity contribution in [2.45, 2.75) is 38.9 Å². The van der Waals surface area contributed by atoms with Crippen molar-refractivity contribution in [1.29, 1.82) is 0 Å². The molecule has 3 unspecified atom stereocenters. The number of rotatable bonds is 4. The molecule has 3 nitrogen and oxygen atoms in total. The van der Waals surface area contributed by atoms with Gasteiger partial charge in [0.15, 0.2) is 0 Å². The molecule has 1 amide bonds. The minimum absolute atomic E-state index is 0. The molecular weight excluding hydrogens is 341 g/mol. The minimum atomic E-state index is -4.36. The fourth-order valence-electron chi connectivity index (χ4n) is 2.87. The number of hydrogen-bond acceptors (Lipinski definition) is 2. The molecule has 0 saturated carbocycles. The second-order valence-corrected chi connectivity index (χ2v) is 6.39. The molecule has 3 atom stereocenters. The number of piperidine rings is 1. The molecule has 0 aliphatic carbocycles. The van der Waals surface area contributed by atoms with Gasteiger partial charge in [0.2, 0.25) is 5.91 Å². The molecule has 1 aliphatic heterocycles. The molecular formula is C17H24ClF3N2O. The molecule has 2 rings (SSSR count). The Kier molecular flexibility index (Phi) is 7.55. The van der Waals surface area contributed by atoms with Crippen LogP contribution in [-0.4, -0.2) is 25.0 Å². The van der Waals surface area contributed by atoms with Crippen molar-refractivity contribution in [1.82, 2.24) is 10.6 Å². The maximum Gasteiger partial charge on any atom is 0.416 e. The maximum atomic E-state index is 12.7. The van der Waals surface area contributed by atoms with Gasteiger partial charge in [0, 0.05) is 12.0 Å². The predicted molar refractivity (Wildman–Crippen MR) is 90.1 cm³/mol. The van der Waals surface area contributed by atoms with E-state index in [2.05, 4.69) is 17.6 Å². The van der Waals surface area contributed by atoms with Gasteiger partial charge < -0.3 is 10.6 Å². The van der Waals surface area contributed by atoms with E-state index in [1.807, 2.05) is 0 Å². The summed E-state index contributed by atoms with van der Waals surface area (Å²) in [7, 11) is 0. The van der Waals surface area contributed by atoms with Crippen LogP contribution in [0.3, 0.4) is 0 Å². The lowest BCUT2D eigenvalue weighted by Crippen LogP contribution is -2.49. The molecule has 1 saturated heterocycles. The Labute approximate surface area is 146 Å². The van der Waals surface area contributed by atoms with E-state index in [0.29, 0.717) is 17.9 Å². The Balaban J connectivity index is 0.00000288. The van der Waals surface area contributed by atoms with E-state index in [9.17, 15) is 18.0 Å². The Hall–Kier alpha value is -1.27. The normalized spacial score (nSPS) is 22.4. The highest BCUT2D eigenvalue weighted by atomic mass is 35.5. The number of carbonyl (C=O) groups is 1. The second-order valence-electron chi connectivity index (χ2n) is 6.39. The molecule has 1 heterocycles. The summed E-state index contributed by atoms with van der Waals surface area (Å²) in [4.78, 5) is 12.3. The monoisotopic (exact) mass is 364 g/mol. The highest BCUT2D eigenvalue weighted by Gasteiger charge is 2.30. The average Bonchev–Trinajstić information content (AvgIpc) is 2.49. The smallest absolute Gasteiger partial charge is 0.353 e. The van der Waals surface area contributed by atoms with Crippen molar-refractivity contribution in [3.8, 4) is 0 Å². The summed E-state index contributed by atoms with van der Waals surface area (Å²) in [5.74, 6) is -0.102. The zero-order valence-corrected chi connectivity index (χ0v) is 14.6. The Morgan fingerprint density at radius 2 is 2.12 bits per heavy atom. The first-order chi connectivity index (χ1) is 10.8. The van der Waals surface area contributed by atoms with E-state index in [0.717, 1.165) is 31.6 Å². The topological polar surface area (TPSA) is 41.1 Å². The van der Waals surface area contributed by atoms with E-state index in [-0.39, 0.29) is 30.3 Å². The number of carbonyl (C=O) groups excluding carboxylic acids is 1. The third-order valence-corrected chi connectivity index (χ3v) is 4.36. The standard InChI is InChI=1S/C17H23F3N2O.ClH/c1-11(16(23)22-15-6-7-21-10-12(15)2)8-13-4-3-5-14(9-13)17(18,19)20;/h3-5,9,11-12,15,21H,6-8,10H2,1-2H3,(H,22,23);1H. The van der Waals surface area contributed by atoms with Gasteiger partial charge in [0.1, 0.15) is 0 Å². The van der Waals surface area contributed by atoms with E-state index >= 15 is 0 Å². The van der Waals surface area contributed by atoms with Crippen LogP contribution in [0.1, 0.15) is 31.4 Å². The van der Waals surface area contributed by atoms with Gasteiger partial charge in [-0.05, 0) is 43.5 Å². The van der Waals surface area contributed by atoms with Gasteiger partial charge in [0.25, 0.3) is 0 Å². The van der Waals surface area contributed by atoms with Crippen LogP contribution in [0.5, 0.6) is 0 Å². The summed E-state index contributed by atoms with van der Waals surface area (Å²) in [6.07, 6.45) is -3.18. The summed E-state index contributed by atoms with van der Waals surface area (Å²) >= 11 is 0. The lowest BCUT2D eigenvalue weighted by atomic mass is 9.93. The summed E-state index contributed by atoms with van der Waals surface area (Å²) < 4.78 is 38.2. The lowest BCUT2D eigenvalue weighted by Gasteiger charge is -2.31. The van der Waals surface area contributed by atoms with Crippen molar-refractivity contribution in [3.63, 3.8) is 0 Å². The maximum absolute atomic E-state index is 12.7. The quantitative estimate of drug-likeness (QED) is 0.859. The largest absolute Gasteiger partial charge is 0.416 e. The van der Waals surface area contributed by atoms with Gasteiger partial charge in [-0.1, -0.05) is 32.0 Å². The highest BCUT2D eigenvalue weighted by molar-refractivity contribution is 5.85. The van der Waals surface area contributed by atoms with E-state index in [1.165, 1.54) is 6.07 Å². The second kappa shape index (κ2) is 8.72. The molecule has 0 aromatic heterocycles. The average molecular weight is 365 g/mol. The summed E-state index contributed by atoms with van der Waals surface area (Å²) in [6.45, 7) is 5.57. The molecule has 0 radical (unpaired) electrons. The number of halogens is 4. The molecule has 0 bridgehead atoms. The first-order valence-electron chi connectivity index (χ1n) is 7.94. The van der Waals surface area contributed by atoms with E-state index < -0.39 is 11.7 Å². The first kappa shape index (κ1) is 20.8. The molecule has 2 N–H and O–H groups in total. The molecule has 1 aliphatic rings. The number of benzene rings is 1. The van der Waals surface area contributed by atoms with Crippen LogP contribution in [0.4, 0.5) is 13.2 Å². The van der Waals surface area contributed by atoms with Crippen LogP contribution in [0.15, 0.2) is 24.3 Å². The first-order valence-corrected chi connectivity index (χ1v) is 7.94. The third-order valence-electron chi connectivity index (χ3n) is 4.36. The van der Waals surface area contributed by atoms with Crippen molar-refractivity contribution in [2.75, 3.05) is 13.1 Å². The third kappa shape index (κ3) is 5.67. The lowest BCUT2D eigenvalue weighted by molar-refractivity contribution is -0.137. The van der Waals surface area contributed by atoms with Crippen LogP contribution < -0.4 is 10.6 Å². The fourth-order valence-corrected chi connectivity index (χ4v) is 2.87. The van der Waals surface area contributed by atoms with E-state index in [1.54, 1.807) is 13.0 Å². The molecule has 1 aromatic rings. The van der Waals surface area contributed by atoms with Gasteiger partial charge >= 0.3 is 6.18 Å². The molecule has 136 valence electrons. The fraction of sp³-hybridized carbons (Fsp3) is 0.588. The van der Waals surface area contributed by atoms with Crippen LogP contribution in [0, 0.1) is 11.8 Å². The van der Waals surface area contributed by atoms with Gasteiger partial charge in [-0.25, -0.2) is 0 Å². The summed E-state index contributed by atoms with van der Waals surface area (Å²) in [6, 6.07) is 5.32. The number of hydrogen-bond donors (Lipinski definition) is 2. The van der Waals surface area contributed by atoms with Crippen LogP contribution in [-0.2, 0) is 17.4 Å². The summed E-state index contributed by atoms with van der Waals surface area (Å²) in [5, 5.41) is 6.30. The zero-order chi connectivity index (χ0) is 17.0. The van der Waals surface area contributed by atoms with Gasteiger partial charge in [-0.15, -0.1) is 12.4 Å².